The summed E-state index contributed by atoms with van der Waals surface area (Å²) in [5.74, 6) is -0.253. The zero-order chi connectivity index (χ0) is 20.8. The number of benzene rings is 1. The molecule has 0 spiro atoms. The molecule has 0 bridgehead atoms. The molecular formula is C19H24FN5O3S. The maximum absolute atomic E-state index is 15.1. The van der Waals surface area contributed by atoms with Crippen LogP contribution < -0.4 is 15.2 Å². The first-order valence-corrected chi connectivity index (χ1v) is 11.2. The van der Waals surface area contributed by atoms with E-state index in [1.54, 1.807) is 0 Å². The van der Waals surface area contributed by atoms with Crippen LogP contribution in [0.4, 0.5) is 14.9 Å². The van der Waals surface area contributed by atoms with E-state index in [4.69, 9.17) is 9.88 Å². The quantitative estimate of drug-likeness (QED) is 0.791. The van der Waals surface area contributed by atoms with Gasteiger partial charge >= 0.3 is 6.03 Å². The Morgan fingerprint density at radius 2 is 2.21 bits per heavy atom. The number of carbonyl (C=O) groups excluding carboxylic acids is 1. The van der Waals surface area contributed by atoms with E-state index in [0.29, 0.717) is 25.1 Å². The van der Waals surface area contributed by atoms with Gasteiger partial charge < -0.3 is 10.1 Å². The maximum Gasteiger partial charge on any atom is 0.354 e. The van der Waals surface area contributed by atoms with Crippen molar-refractivity contribution in [2.75, 3.05) is 11.9 Å². The fourth-order valence-corrected chi connectivity index (χ4v) is 4.84. The third-order valence-electron chi connectivity index (χ3n) is 5.27. The standard InChI is InChI=1S/C19H24FN5O3S/c1-11(2)14-9-12-5-3-6-13(12)17(16(14)20)23-19(26)24-29(21,27)15-10-22-25-7-4-8-28-18(15)25/h9-11H,3-8H2,1-2H3,(H3,21,23,24,26,27)/t29-/m1/s1. The lowest BCUT2D eigenvalue weighted by Crippen LogP contribution is -2.21. The van der Waals surface area contributed by atoms with Crippen molar-refractivity contribution in [3.63, 3.8) is 0 Å². The van der Waals surface area contributed by atoms with E-state index < -0.39 is 21.8 Å². The van der Waals surface area contributed by atoms with Crippen molar-refractivity contribution in [3.8, 4) is 5.88 Å². The minimum absolute atomic E-state index is 0.0386. The number of fused-ring (bicyclic) bond motifs is 2. The van der Waals surface area contributed by atoms with Crippen molar-refractivity contribution in [2.24, 2.45) is 9.50 Å². The molecule has 0 saturated carbocycles. The number of halogens is 1. The highest BCUT2D eigenvalue weighted by Gasteiger charge is 2.26. The molecule has 2 aliphatic rings. The Morgan fingerprint density at radius 1 is 1.41 bits per heavy atom. The van der Waals surface area contributed by atoms with Crippen LogP contribution in [-0.4, -0.2) is 26.6 Å². The molecule has 2 heterocycles. The van der Waals surface area contributed by atoms with Gasteiger partial charge in [-0.05, 0) is 41.9 Å². The Hall–Kier alpha value is -2.46. The van der Waals surface area contributed by atoms with Crippen LogP contribution in [0.1, 0.15) is 49.3 Å². The van der Waals surface area contributed by atoms with Crippen LogP contribution in [0.5, 0.6) is 5.88 Å². The number of nitrogens with one attached hydrogen (secondary N) is 1. The third kappa shape index (κ3) is 3.62. The summed E-state index contributed by atoms with van der Waals surface area (Å²) in [6.07, 6.45) is 4.47. The van der Waals surface area contributed by atoms with E-state index in [2.05, 4.69) is 14.8 Å². The number of anilines is 1. The molecule has 2 amide bonds. The lowest BCUT2D eigenvalue weighted by molar-refractivity contribution is 0.224. The van der Waals surface area contributed by atoms with Crippen LogP contribution in [0, 0.1) is 5.82 Å². The van der Waals surface area contributed by atoms with Crippen LogP contribution in [0.3, 0.4) is 0 Å². The minimum Gasteiger partial charge on any atom is -0.477 e. The summed E-state index contributed by atoms with van der Waals surface area (Å²) in [5.41, 5.74) is 2.44. The second-order valence-corrected chi connectivity index (χ2v) is 9.39. The van der Waals surface area contributed by atoms with Crippen molar-refractivity contribution in [3.05, 3.63) is 34.8 Å². The van der Waals surface area contributed by atoms with Crippen molar-refractivity contribution in [2.45, 2.75) is 56.9 Å². The number of aryl methyl sites for hydroxylation is 2. The number of hydrogen-bond acceptors (Lipinski definition) is 4. The second kappa shape index (κ2) is 7.42. The molecule has 0 unspecified atom stereocenters. The molecule has 4 rings (SSSR count). The van der Waals surface area contributed by atoms with Crippen LogP contribution in [0.15, 0.2) is 21.5 Å². The van der Waals surface area contributed by atoms with Gasteiger partial charge in [0.05, 0.1) is 18.5 Å². The summed E-state index contributed by atoms with van der Waals surface area (Å²) < 4.78 is 38.7. The molecule has 1 atom stereocenters. The summed E-state index contributed by atoms with van der Waals surface area (Å²) in [6.45, 7) is 4.84. The van der Waals surface area contributed by atoms with Gasteiger partial charge in [0.1, 0.15) is 4.90 Å². The smallest absolute Gasteiger partial charge is 0.354 e. The van der Waals surface area contributed by atoms with Gasteiger partial charge in [-0.1, -0.05) is 19.9 Å². The SMILES string of the molecule is CC(C)c1cc2c(c(NC(=O)N=[S@@](N)(=O)c3cnn4c3OCCC4)c1F)CCC2. The summed E-state index contributed by atoms with van der Waals surface area (Å²) in [7, 11) is -3.60. The number of rotatable bonds is 3. The summed E-state index contributed by atoms with van der Waals surface area (Å²) >= 11 is 0. The third-order valence-corrected chi connectivity index (χ3v) is 6.61. The van der Waals surface area contributed by atoms with Crippen LogP contribution in [0.2, 0.25) is 0 Å². The van der Waals surface area contributed by atoms with Crippen LogP contribution >= 0.6 is 0 Å². The highest BCUT2D eigenvalue weighted by Crippen LogP contribution is 2.36. The van der Waals surface area contributed by atoms with Gasteiger partial charge in [-0.2, -0.15) is 5.10 Å². The lowest BCUT2D eigenvalue weighted by Gasteiger charge is -2.17. The fourth-order valence-electron chi connectivity index (χ4n) is 3.84. The lowest BCUT2D eigenvalue weighted by atomic mass is 9.96. The number of aromatic nitrogens is 2. The molecule has 1 aliphatic heterocycles. The summed E-state index contributed by atoms with van der Waals surface area (Å²) in [4.78, 5) is 12.6. The molecule has 0 fully saturated rings. The van der Waals surface area contributed by atoms with Crippen LogP contribution in [-0.2, 0) is 29.3 Å². The first-order chi connectivity index (χ1) is 13.8. The largest absolute Gasteiger partial charge is 0.477 e. The molecule has 0 radical (unpaired) electrons. The number of ether oxygens (including phenoxy) is 1. The zero-order valence-electron chi connectivity index (χ0n) is 16.4. The predicted octanol–water partition coefficient (Wildman–Crippen LogP) is 3.35. The molecule has 3 N–H and O–H groups in total. The van der Waals surface area contributed by atoms with Gasteiger partial charge in [-0.15, -0.1) is 4.36 Å². The number of nitrogens with zero attached hydrogens (tertiary/aromatic N) is 3. The molecule has 10 heteroatoms. The Morgan fingerprint density at radius 3 is 2.97 bits per heavy atom. The Balaban J connectivity index is 1.68. The molecule has 1 aromatic heterocycles. The van der Waals surface area contributed by atoms with Gasteiger partial charge in [0, 0.05) is 13.0 Å². The zero-order valence-corrected chi connectivity index (χ0v) is 17.2. The predicted molar refractivity (Wildman–Crippen MR) is 107 cm³/mol. The number of carbonyl (C=O) groups is 1. The van der Waals surface area contributed by atoms with Crippen molar-refractivity contribution >= 4 is 21.6 Å². The molecular weight excluding hydrogens is 397 g/mol. The average Bonchev–Trinajstić information content (AvgIpc) is 3.30. The monoisotopic (exact) mass is 421 g/mol. The second-order valence-electron chi connectivity index (χ2n) is 7.63. The highest BCUT2D eigenvalue weighted by atomic mass is 32.2. The summed E-state index contributed by atoms with van der Waals surface area (Å²) in [5, 5.41) is 12.4. The van der Waals surface area contributed by atoms with Crippen LogP contribution in [0.25, 0.3) is 0 Å². The Labute approximate surface area is 168 Å². The maximum atomic E-state index is 15.1. The van der Waals surface area contributed by atoms with Gasteiger partial charge in [0.2, 0.25) is 5.88 Å². The van der Waals surface area contributed by atoms with Gasteiger partial charge in [-0.3, -0.25) is 0 Å². The number of nitrogens with two attached hydrogens (primary N) is 1. The van der Waals surface area contributed by atoms with Crippen molar-refractivity contribution in [1.82, 2.24) is 9.78 Å². The van der Waals surface area contributed by atoms with Gasteiger partial charge in [0.15, 0.2) is 15.7 Å². The number of urea groups is 1. The average molecular weight is 421 g/mol. The first kappa shape index (κ1) is 19.8. The molecule has 156 valence electrons. The molecule has 8 nitrogen and oxygen atoms in total. The number of amides is 2. The minimum atomic E-state index is -3.60. The van der Waals surface area contributed by atoms with E-state index in [1.807, 2.05) is 19.9 Å². The van der Waals surface area contributed by atoms with Crippen molar-refractivity contribution in [1.29, 1.82) is 0 Å². The molecule has 29 heavy (non-hydrogen) atoms. The number of hydrogen-bond donors (Lipinski definition) is 2. The Kier molecular flexibility index (Phi) is 5.07. The normalized spacial score (nSPS) is 17.3. The summed E-state index contributed by atoms with van der Waals surface area (Å²) in [6, 6.07) is 0.916. The van der Waals surface area contributed by atoms with E-state index in [1.165, 1.54) is 10.9 Å². The highest BCUT2D eigenvalue weighted by molar-refractivity contribution is 7.91. The van der Waals surface area contributed by atoms with E-state index in [9.17, 15) is 9.00 Å². The first-order valence-electron chi connectivity index (χ1n) is 9.66. The molecule has 0 saturated heterocycles. The van der Waals surface area contributed by atoms with Gasteiger partial charge in [-0.25, -0.2) is 23.2 Å². The van der Waals surface area contributed by atoms with Crippen molar-refractivity contribution < 1.29 is 18.1 Å². The molecule has 1 aliphatic carbocycles. The van der Waals surface area contributed by atoms with E-state index in [0.717, 1.165) is 30.4 Å². The molecule has 1 aromatic carbocycles. The molecule has 2 aromatic rings. The van der Waals surface area contributed by atoms with E-state index in [-0.39, 0.29) is 22.4 Å². The van der Waals surface area contributed by atoms with Gasteiger partial charge in [0.25, 0.3) is 0 Å². The Bertz CT molecular complexity index is 1100. The van der Waals surface area contributed by atoms with E-state index >= 15 is 4.39 Å². The fraction of sp³-hybridized carbons (Fsp3) is 0.474. The topological polar surface area (TPSA) is 112 Å².